The molecule has 172 valence electrons. The molecule has 0 radical (unpaired) electrons. The number of anilines is 3. The molecule has 0 spiro atoms. The quantitative estimate of drug-likeness (QED) is 0.608. The van der Waals surface area contributed by atoms with Gasteiger partial charge in [0, 0.05) is 37.3 Å². The van der Waals surface area contributed by atoms with Crippen LogP contribution in [0.5, 0.6) is 11.5 Å². The predicted molar refractivity (Wildman–Crippen MR) is 125 cm³/mol. The van der Waals surface area contributed by atoms with Crippen LogP contribution in [-0.2, 0) is 4.79 Å². The Balaban J connectivity index is 1.27. The van der Waals surface area contributed by atoms with E-state index < -0.39 is 5.43 Å². The topological polar surface area (TPSA) is 97.0 Å². The van der Waals surface area contributed by atoms with Crippen molar-refractivity contribution < 1.29 is 14.3 Å². The van der Waals surface area contributed by atoms with E-state index >= 15 is 0 Å². The highest BCUT2D eigenvalue weighted by Crippen LogP contribution is 2.33. The maximum Gasteiger partial charge on any atom is 0.253 e. The first-order chi connectivity index (χ1) is 15.5. The van der Waals surface area contributed by atoms with Gasteiger partial charge in [-0.15, -0.1) is 0 Å². The maximum atomic E-state index is 12.7. The zero-order valence-electron chi connectivity index (χ0n) is 18.7. The molecule has 8 heteroatoms. The van der Waals surface area contributed by atoms with E-state index in [1.807, 2.05) is 4.90 Å². The summed E-state index contributed by atoms with van der Waals surface area (Å²) in [6, 6.07) is 5.33. The first kappa shape index (κ1) is 22.2. The van der Waals surface area contributed by atoms with Gasteiger partial charge in [0.05, 0.1) is 14.2 Å². The molecule has 4 rings (SSSR count). The van der Waals surface area contributed by atoms with Gasteiger partial charge in [-0.05, 0) is 56.6 Å². The number of ether oxygens (including phenoxy) is 2. The van der Waals surface area contributed by atoms with E-state index in [-0.39, 0.29) is 17.3 Å². The minimum absolute atomic E-state index is 0.0161. The van der Waals surface area contributed by atoms with Gasteiger partial charge in [-0.25, -0.2) is 0 Å². The molecule has 1 amide bonds. The Kier molecular flexibility index (Phi) is 6.67. The fourth-order valence-electron chi connectivity index (χ4n) is 4.82. The number of nitrogens with zero attached hydrogens (tertiary/aromatic N) is 1. The molecule has 1 heterocycles. The zero-order chi connectivity index (χ0) is 22.7. The highest BCUT2D eigenvalue weighted by Gasteiger charge is 2.30. The molecule has 32 heavy (non-hydrogen) atoms. The Morgan fingerprint density at radius 3 is 2.34 bits per heavy atom. The molecule has 2 aromatic rings. The lowest BCUT2D eigenvalue weighted by Crippen LogP contribution is -2.42. The van der Waals surface area contributed by atoms with E-state index in [0.29, 0.717) is 41.0 Å². The molecular weight excluding hydrogens is 410 g/mol. The van der Waals surface area contributed by atoms with Crippen molar-refractivity contribution in [3.8, 4) is 11.5 Å². The summed E-state index contributed by atoms with van der Waals surface area (Å²) in [4.78, 5) is 38.8. The monoisotopic (exact) mass is 441 g/mol. The van der Waals surface area contributed by atoms with Crippen molar-refractivity contribution in [2.45, 2.75) is 38.5 Å². The normalized spacial score (nSPS) is 20.9. The van der Waals surface area contributed by atoms with Gasteiger partial charge in [0.25, 0.3) is 10.9 Å². The van der Waals surface area contributed by atoms with E-state index in [0.717, 1.165) is 51.6 Å². The number of hydrogen-bond acceptors (Lipinski definition) is 7. The fraction of sp³-hybridized carbons (Fsp3) is 0.542. The van der Waals surface area contributed by atoms with Crippen LogP contribution in [-0.4, -0.2) is 39.8 Å². The SMILES string of the molecule is COc1ccc(NC(=O)C2CCC(CNc3c(N4CCCC4)c(=O)c3=O)CC2)cc1OC. The molecule has 2 N–H and O–H groups in total. The summed E-state index contributed by atoms with van der Waals surface area (Å²) in [5.41, 5.74) is 1.01. The second-order valence-corrected chi connectivity index (χ2v) is 8.73. The van der Waals surface area contributed by atoms with Crippen molar-refractivity contribution >= 4 is 23.0 Å². The smallest absolute Gasteiger partial charge is 0.253 e. The van der Waals surface area contributed by atoms with Crippen LogP contribution in [0.2, 0.25) is 0 Å². The van der Waals surface area contributed by atoms with Crippen molar-refractivity contribution in [1.29, 1.82) is 0 Å². The molecule has 2 aliphatic rings. The minimum atomic E-state index is -0.394. The summed E-state index contributed by atoms with van der Waals surface area (Å²) in [7, 11) is 3.14. The van der Waals surface area contributed by atoms with E-state index in [9.17, 15) is 14.4 Å². The Morgan fingerprint density at radius 2 is 1.69 bits per heavy atom. The average Bonchev–Trinajstić information content (AvgIpc) is 3.35. The minimum Gasteiger partial charge on any atom is -0.493 e. The van der Waals surface area contributed by atoms with Gasteiger partial charge in [-0.3, -0.25) is 14.4 Å². The molecule has 0 bridgehead atoms. The standard InChI is InChI=1S/C24H31N3O5/c1-31-18-10-9-17(13-19(18)32-2)26-24(30)16-7-5-15(6-8-16)14-25-20-21(23(29)22(20)28)27-11-3-4-12-27/h9-10,13,15-16,25H,3-8,11-12,14H2,1-2H3,(H,26,30). The summed E-state index contributed by atoms with van der Waals surface area (Å²) in [5.74, 6) is 1.56. The molecular formula is C24H31N3O5. The van der Waals surface area contributed by atoms with Crippen molar-refractivity contribution in [2.24, 2.45) is 11.8 Å². The summed E-state index contributed by atoms with van der Waals surface area (Å²) in [6.45, 7) is 2.36. The molecule has 0 unspecified atom stereocenters. The van der Waals surface area contributed by atoms with Crippen molar-refractivity contribution in [2.75, 3.05) is 49.4 Å². The molecule has 1 aliphatic carbocycles. The predicted octanol–water partition coefficient (Wildman–Crippen LogP) is 2.76. The third-order valence-corrected chi connectivity index (χ3v) is 6.74. The summed E-state index contributed by atoms with van der Waals surface area (Å²) in [6.07, 6.45) is 5.55. The molecule has 1 saturated heterocycles. The van der Waals surface area contributed by atoms with Crippen LogP contribution < -0.4 is 35.9 Å². The average molecular weight is 442 g/mol. The van der Waals surface area contributed by atoms with Gasteiger partial charge in [0.15, 0.2) is 11.5 Å². The van der Waals surface area contributed by atoms with Gasteiger partial charge in [0.1, 0.15) is 11.4 Å². The van der Waals surface area contributed by atoms with Gasteiger partial charge >= 0.3 is 0 Å². The van der Waals surface area contributed by atoms with Crippen LogP contribution in [0, 0.1) is 11.8 Å². The lowest BCUT2D eigenvalue weighted by molar-refractivity contribution is -0.121. The molecule has 0 aromatic heterocycles. The fourth-order valence-corrected chi connectivity index (χ4v) is 4.82. The molecule has 0 atom stereocenters. The number of benzene rings is 1. The lowest BCUT2D eigenvalue weighted by Gasteiger charge is -2.29. The van der Waals surface area contributed by atoms with Gasteiger partial charge in [-0.1, -0.05) is 0 Å². The number of carbonyl (C=O) groups is 1. The largest absolute Gasteiger partial charge is 0.493 e. The Bertz CT molecular complexity index is 1030. The van der Waals surface area contributed by atoms with Crippen LogP contribution >= 0.6 is 0 Å². The Hall–Kier alpha value is -3.03. The van der Waals surface area contributed by atoms with Crippen molar-refractivity contribution in [3.63, 3.8) is 0 Å². The molecule has 1 aliphatic heterocycles. The van der Waals surface area contributed by atoms with Crippen LogP contribution in [0.25, 0.3) is 0 Å². The number of rotatable bonds is 8. The highest BCUT2D eigenvalue weighted by atomic mass is 16.5. The maximum absolute atomic E-state index is 12.7. The summed E-state index contributed by atoms with van der Waals surface area (Å²) < 4.78 is 10.5. The van der Waals surface area contributed by atoms with Crippen molar-refractivity contribution in [1.82, 2.24) is 0 Å². The zero-order valence-corrected chi connectivity index (χ0v) is 18.7. The second-order valence-electron chi connectivity index (χ2n) is 8.73. The number of carbonyl (C=O) groups excluding carboxylic acids is 1. The third kappa shape index (κ3) is 4.45. The van der Waals surface area contributed by atoms with Crippen molar-refractivity contribution in [3.05, 3.63) is 38.6 Å². The van der Waals surface area contributed by atoms with Gasteiger partial charge < -0.3 is 25.0 Å². The Labute approximate surface area is 187 Å². The van der Waals surface area contributed by atoms with Crippen LogP contribution in [0.15, 0.2) is 27.8 Å². The van der Waals surface area contributed by atoms with E-state index in [4.69, 9.17) is 9.47 Å². The number of amides is 1. The molecule has 8 nitrogen and oxygen atoms in total. The lowest BCUT2D eigenvalue weighted by atomic mass is 9.81. The molecule has 1 saturated carbocycles. The number of nitrogens with one attached hydrogen (secondary N) is 2. The third-order valence-electron chi connectivity index (χ3n) is 6.74. The van der Waals surface area contributed by atoms with E-state index in [1.54, 1.807) is 32.4 Å². The summed E-state index contributed by atoms with van der Waals surface area (Å²) in [5, 5.41) is 6.23. The van der Waals surface area contributed by atoms with E-state index in [1.165, 1.54) is 0 Å². The summed E-state index contributed by atoms with van der Waals surface area (Å²) >= 11 is 0. The molecule has 2 aromatic carbocycles. The van der Waals surface area contributed by atoms with Crippen LogP contribution in [0.4, 0.5) is 17.1 Å². The van der Waals surface area contributed by atoms with Crippen LogP contribution in [0.1, 0.15) is 38.5 Å². The first-order valence-electron chi connectivity index (χ1n) is 11.4. The number of methoxy groups -OCH3 is 2. The second kappa shape index (κ2) is 9.63. The van der Waals surface area contributed by atoms with Gasteiger partial charge in [-0.2, -0.15) is 0 Å². The first-order valence-corrected chi connectivity index (χ1v) is 11.4. The van der Waals surface area contributed by atoms with Crippen LogP contribution in [0.3, 0.4) is 0 Å². The number of hydrogen-bond donors (Lipinski definition) is 2. The highest BCUT2D eigenvalue weighted by molar-refractivity contribution is 5.93. The van der Waals surface area contributed by atoms with E-state index in [2.05, 4.69) is 10.6 Å². The van der Waals surface area contributed by atoms with Gasteiger partial charge in [0.2, 0.25) is 5.91 Å². The Morgan fingerprint density at radius 1 is 1.00 bits per heavy atom. The molecule has 2 fully saturated rings.